The second kappa shape index (κ2) is 5.67. The van der Waals surface area contributed by atoms with Crippen molar-refractivity contribution in [1.82, 2.24) is 5.32 Å². The van der Waals surface area contributed by atoms with Gasteiger partial charge >= 0.3 is 0 Å². The van der Waals surface area contributed by atoms with Crippen LogP contribution >= 0.6 is 0 Å². The molecule has 0 aliphatic carbocycles. The topological polar surface area (TPSA) is 49.4 Å². The number of nitrogens with one attached hydrogen (secondary N) is 1. The molecule has 1 aliphatic rings. The molecule has 1 aliphatic heterocycles. The average molecular weight is 246 g/mol. The van der Waals surface area contributed by atoms with E-state index in [1.54, 1.807) is 17.0 Å². The fraction of sp³-hybridized carbons (Fsp3) is 0.429. The first kappa shape index (κ1) is 12.6. The summed E-state index contributed by atoms with van der Waals surface area (Å²) in [6.45, 7) is 3.48. The highest BCUT2D eigenvalue weighted by Crippen LogP contribution is 2.21. The lowest BCUT2D eigenvalue weighted by Gasteiger charge is -2.15. The van der Waals surface area contributed by atoms with Gasteiger partial charge in [0.1, 0.15) is 0 Å². The fourth-order valence-corrected chi connectivity index (χ4v) is 2.05. The maximum absolute atomic E-state index is 11.7. The molecular formula is C14H18N2O2. The summed E-state index contributed by atoms with van der Waals surface area (Å²) in [4.78, 5) is 25.1. The Morgan fingerprint density at radius 1 is 1.33 bits per heavy atom. The van der Waals surface area contributed by atoms with E-state index in [0.29, 0.717) is 18.5 Å². The van der Waals surface area contributed by atoms with Gasteiger partial charge in [0.15, 0.2) is 0 Å². The van der Waals surface area contributed by atoms with Crippen molar-refractivity contribution in [3.8, 4) is 0 Å². The van der Waals surface area contributed by atoms with Crippen molar-refractivity contribution in [3.05, 3.63) is 29.8 Å². The molecular weight excluding hydrogens is 228 g/mol. The molecule has 1 aromatic rings. The lowest BCUT2D eigenvalue weighted by molar-refractivity contribution is -0.117. The van der Waals surface area contributed by atoms with Gasteiger partial charge in [0.25, 0.3) is 5.91 Å². The van der Waals surface area contributed by atoms with Crippen LogP contribution in [0.5, 0.6) is 0 Å². The molecule has 2 rings (SSSR count). The third kappa shape index (κ3) is 2.70. The zero-order valence-corrected chi connectivity index (χ0v) is 10.6. The Kier molecular flexibility index (Phi) is 3.97. The van der Waals surface area contributed by atoms with Gasteiger partial charge in [-0.1, -0.05) is 6.92 Å². The Labute approximate surface area is 107 Å². The number of amides is 2. The lowest BCUT2D eigenvalue weighted by atomic mass is 10.2. The zero-order chi connectivity index (χ0) is 13.0. The molecule has 2 amide bonds. The van der Waals surface area contributed by atoms with Crippen LogP contribution in [0.15, 0.2) is 24.3 Å². The number of carbonyl (C=O) groups is 2. The van der Waals surface area contributed by atoms with Crippen molar-refractivity contribution < 1.29 is 9.59 Å². The standard InChI is InChI=1S/C14H18N2O2/c1-2-9-15-14(18)11-5-7-12(8-6-11)16-10-3-4-13(16)17/h5-8H,2-4,9-10H2,1H3,(H,15,18). The number of hydrogen-bond acceptors (Lipinski definition) is 2. The van der Waals surface area contributed by atoms with Gasteiger partial charge in [0, 0.05) is 30.8 Å². The van der Waals surface area contributed by atoms with E-state index in [1.165, 1.54) is 0 Å². The number of carbonyl (C=O) groups excluding carboxylic acids is 2. The van der Waals surface area contributed by atoms with E-state index in [2.05, 4.69) is 5.32 Å². The summed E-state index contributed by atoms with van der Waals surface area (Å²) in [6.07, 6.45) is 2.46. The molecule has 96 valence electrons. The highest BCUT2D eigenvalue weighted by Gasteiger charge is 2.21. The normalized spacial score (nSPS) is 14.9. The van der Waals surface area contributed by atoms with Gasteiger partial charge in [-0.3, -0.25) is 9.59 Å². The van der Waals surface area contributed by atoms with Crippen LogP contribution < -0.4 is 10.2 Å². The molecule has 1 saturated heterocycles. The molecule has 4 heteroatoms. The molecule has 1 heterocycles. The second-order valence-electron chi connectivity index (χ2n) is 4.45. The molecule has 0 unspecified atom stereocenters. The van der Waals surface area contributed by atoms with Crippen LogP contribution in [-0.2, 0) is 4.79 Å². The van der Waals surface area contributed by atoms with Crippen molar-refractivity contribution in [2.45, 2.75) is 26.2 Å². The van der Waals surface area contributed by atoms with Gasteiger partial charge in [-0.05, 0) is 37.1 Å². The Morgan fingerprint density at radius 2 is 2.06 bits per heavy atom. The molecule has 1 fully saturated rings. The molecule has 0 saturated carbocycles. The molecule has 0 radical (unpaired) electrons. The van der Waals surface area contributed by atoms with E-state index in [0.717, 1.165) is 25.1 Å². The van der Waals surface area contributed by atoms with Crippen LogP contribution in [0, 0.1) is 0 Å². The Hall–Kier alpha value is -1.84. The van der Waals surface area contributed by atoms with Crippen molar-refractivity contribution in [1.29, 1.82) is 0 Å². The van der Waals surface area contributed by atoms with Gasteiger partial charge in [0.2, 0.25) is 5.91 Å². The van der Waals surface area contributed by atoms with Crippen molar-refractivity contribution in [3.63, 3.8) is 0 Å². The molecule has 0 aromatic heterocycles. The van der Waals surface area contributed by atoms with Crippen LogP contribution in [0.2, 0.25) is 0 Å². The summed E-state index contributed by atoms with van der Waals surface area (Å²) in [7, 11) is 0. The predicted molar refractivity (Wildman–Crippen MR) is 70.7 cm³/mol. The first-order chi connectivity index (χ1) is 8.72. The minimum atomic E-state index is -0.0591. The van der Waals surface area contributed by atoms with Gasteiger partial charge in [0.05, 0.1) is 0 Å². The summed E-state index contributed by atoms with van der Waals surface area (Å²) < 4.78 is 0. The third-order valence-electron chi connectivity index (χ3n) is 3.05. The zero-order valence-electron chi connectivity index (χ0n) is 10.6. The van der Waals surface area contributed by atoms with Crippen molar-refractivity contribution in [2.75, 3.05) is 18.0 Å². The molecule has 1 N–H and O–H groups in total. The molecule has 18 heavy (non-hydrogen) atoms. The minimum Gasteiger partial charge on any atom is -0.352 e. The predicted octanol–water partition coefficient (Wildman–Crippen LogP) is 1.95. The van der Waals surface area contributed by atoms with Crippen molar-refractivity contribution in [2.24, 2.45) is 0 Å². The SMILES string of the molecule is CCCNC(=O)c1ccc(N2CCCC2=O)cc1. The smallest absolute Gasteiger partial charge is 0.251 e. The number of benzene rings is 1. The highest BCUT2D eigenvalue weighted by atomic mass is 16.2. The Bertz CT molecular complexity index is 440. The lowest BCUT2D eigenvalue weighted by Crippen LogP contribution is -2.25. The number of rotatable bonds is 4. The average Bonchev–Trinajstić information content (AvgIpc) is 2.82. The number of anilines is 1. The maximum Gasteiger partial charge on any atom is 0.251 e. The van der Waals surface area contributed by atoms with Crippen LogP contribution in [0.3, 0.4) is 0 Å². The quantitative estimate of drug-likeness (QED) is 0.882. The van der Waals surface area contributed by atoms with E-state index in [4.69, 9.17) is 0 Å². The first-order valence-electron chi connectivity index (χ1n) is 6.41. The summed E-state index contributed by atoms with van der Waals surface area (Å²) in [6, 6.07) is 7.21. The van der Waals surface area contributed by atoms with Gasteiger partial charge < -0.3 is 10.2 Å². The van der Waals surface area contributed by atoms with Gasteiger partial charge in [-0.25, -0.2) is 0 Å². The van der Waals surface area contributed by atoms with Crippen LogP contribution in [0.4, 0.5) is 5.69 Å². The highest BCUT2D eigenvalue weighted by molar-refractivity contribution is 5.97. The molecule has 0 bridgehead atoms. The summed E-state index contributed by atoms with van der Waals surface area (Å²) in [5, 5.41) is 2.83. The largest absolute Gasteiger partial charge is 0.352 e. The van der Waals surface area contributed by atoms with E-state index in [1.807, 2.05) is 19.1 Å². The van der Waals surface area contributed by atoms with Crippen LogP contribution in [0.25, 0.3) is 0 Å². The second-order valence-corrected chi connectivity index (χ2v) is 4.45. The number of nitrogens with zero attached hydrogens (tertiary/aromatic N) is 1. The van der Waals surface area contributed by atoms with Crippen LogP contribution in [-0.4, -0.2) is 24.9 Å². The molecule has 0 spiro atoms. The first-order valence-corrected chi connectivity index (χ1v) is 6.41. The summed E-state index contributed by atoms with van der Waals surface area (Å²) in [5.41, 5.74) is 1.52. The van der Waals surface area contributed by atoms with E-state index < -0.39 is 0 Å². The summed E-state index contributed by atoms with van der Waals surface area (Å²) in [5.74, 6) is 0.106. The Morgan fingerprint density at radius 3 is 2.61 bits per heavy atom. The molecule has 4 nitrogen and oxygen atoms in total. The van der Waals surface area contributed by atoms with Gasteiger partial charge in [-0.2, -0.15) is 0 Å². The number of hydrogen-bond donors (Lipinski definition) is 1. The van der Waals surface area contributed by atoms with E-state index >= 15 is 0 Å². The van der Waals surface area contributed by atoms with E-state index in [9.17, 15) is 9.59 Å². The van der Waals surface area contributed by atoms with Crippen molar-refractivity contribution >= 4 is 17.5 Å². The maximum atomic E-state index is 11.7. The van der Waals surface area contributed by atoms with E-state index in [-0.39, 0.29) is 11.8 Å². The summed E-state index contributed by atoms with van der Waals surface area (Å²) >= 11 is 0. The van der Waals surface area contributed by atoms with Crippen LogP contribution in [0.1, 0.15) is 36.5 Å². The Balaban J connectivity index is 2.05. The molecule has 1 aromatic carbocycles. The monoisotopic (exact) mass is 246 g/mol. The minimum absolute atomic E-state index is 0.0591. The third-order valence-corrected chi connectivity index (χ3v) is 3.05. The van der Waals surface area contributed by atoms with Gasteiger partial charge in [-0.15, -0.1) is 0 Å². The molecule has 0 atom stereocenters. The fourth-order valence-electron chi connectivity index (χ4n) is 2.05.